The van der Waals surface area contributed by atoms with Crippen molar-refractivity contribution in [3.63, 3.8) is 0 Å². The maximum Gasteiger partial charge on any atom is 0.220 e. The Morgan fingerprint density at radius 1 is 1.78 bits per heavy atom. The van der Waals surface area contributed by atoms with Crippen molar-refractivity contribution in [1.82, 2.24) is 0 Å². The van der Waals surface area contributed by atoms with E-state index in [9.17, 15) is 4.79 Å². The Balaban J connectivity index is 3.27. The molecule has 54 valence electrons. The molecule has 0 aliphatic carbocycles. The summed E-state index contributed by atoms with van der Waals surface area (Å²) in [6, 6.07) is 0. The summed E-state index contributed by atoms with van der Waals surface area (Å²) in [7, 11) is 1.60. The van der Waals surface area contributed by atoms with Crippen LogP contribution in [0.5, 0.6) is 0 Å². The van der Waals surface area contributed by atoms with Gasteiger partial charge in [0.05, 0.1) is 0 Å². The number of hydrogen-bond donors (Lipinski definition) is 1. The number of carbonyl (C=O) groups is 1. The SMILES string of the molecule is COCC[C@@H](C)C(N)=O. The maximum atomic E-state index is 10.4. The molecule has 1 atom stereocenters. The van der Waals surface area contributed by atoms with Crippen LogP contribution in [0.2, 0.25) is 0 Å². The van der Waals surface area contributed by atoms with Crippen LogP contribution in [0.3, 0.4) is 0 Å². The molecule has 0 fully saturated rings. The predicted octanol–water partition coefficient (Wildman–Crippen LogP) is 0.144. The second kappa shape index (κ2) is 4.32. The molecule has 1 amide bonds. The fourth-order valence-corrected chi connectivity index (χ4v) is 0.437. The van der Waals surface area contributed by atoms with Gasteiger partial charge in [-0.1, -0.05) is 6.92 Å². The Morgan fingerprint density at radius 3 is 2.67 bits per heavy atom. The van der Waals surface area contributed by atoms with Crippen LogP contribution in [0.1, 0.15) is 13.3 Å². The summed E-state index contributed by atoms with van der Waals surface area (Å²) in [6.45, 7) is 2.39. The number of carbonyl (C=O) groups excluding carboxylic acids is 1. The lowest BCUT2D eigenvalue weighted by Crippen LogP contribution is -2.21. The average Bonchev–Trinajstić information content (AvgIpc) is 1.82. The van der Waals surface area contributed by atoms with Crippen molar-refractivity contribution in [2.24, 2.45) is 11.7 Å². The van der Waals surface area contributed by atoms with E-state index in [4.69, 9.17) is 10.5 Å². The molecule has 0 aromatic heterocycles. The Morgan fingerprint density at radius 2 is 2.33 bits per heavy atom. The zero-order valence-corrected chi connectivity index (χ0v) is 5.89. The minimum atomic E-state index is -0.257. The van der Waals surface area contributed by atoms with E-state index in [0.717, 1.165) is 0 Å². The summed E-state index contributed by atoms with van der Waals surface area (Å²) in [5.41, 5.74) is 4.98. The normalized spacial score (nSPS) is 13.1. The van der Waals surface area contributed by atoms with Crippen LogP contribution in [0.4, 0.5) is 0 Å². The van der Waals surface area contributed by atoms with Crippen LogP contribution in [0.25, 0.3) is 0 Å². The molecule has 0 rings (SSSR count). The second-order valence-corrected chi connectivity index (χ2v) is 2.08. The number of amides is 1. The maximum absolute atomic E-state index is 10.4. The number of hydrogen-bond acceptors (Lipinski definition) is 2. The monoisotopic (exact) mass is 131 g/mol. The first-order chi connectivity index (χ1) is 4.18. The largest absolute Gasteiger partial charge is 0.385 e. The van der Waals surface area contributed by atoms with Gasteiger partial charge in [0.25, 0.3) is 0 Å². The molecule has 0 heterocycles. The van der Waals surface area contributed by atoms with Crippen LogP contribution in [-0.4, -0.2) is 19.6 Å². The van der Waals surface area contributed by atoms with Gasteiger partial charge in [-0.15, -0.1) is 0 Å². The number of nitrogens with two attached hydrogens (primary N) is 1. The third kappa shape index (κ3) is 3.97. The zero-order valence-electron chi connectivity index (χ0n) is 5.89. The van der Waals surface area contributed by atoms with Crippen LogP contribution in [-0.2, 0) is 9.53 Å². The lowest BCUT2D eigenvalue weighted by Gasteiger charge is -2.03. The molecule has 0 saturated heterocycles. The lowest BCUT2D eigenvalue weighted by molar-refractivity contribution is -0.121. The lowest BCUT2D eigenvalue weighted by atomic mass is 10.1. The van der Waals surface area contributed by atoms with Crippen molar-refractivity contribution < 1.29 is 9.53 Å². The van der Waals surface area contributed by atoms with Gasteiger partial charge in [-0.25, -0.2) is 0 Å². The predicted molar refractivity (Wildman–Crippen MR) is 34.9 cm³/mol. The van der Waals surface area contributed by atoms with E-state index < -0.39 is 0 Å². The van der Waals surface area contributed by atoms with Gasteiger partial charge in [0.1, 0.15) is 0 Å². The molecule has 0 aromatic rings. The highest BCUT2D eigenvalue weighted by Gasteiger charge is 2.06. The zero-order chi connectivity index (χ0) is 7.28. The molecule has 0 aliphatic heterocycles. The Labute approximate surface area is 55.2 Å². The van der Waals surface area contributed by atoms with Gasteiger partial charge in [0.2, 0.25) is 5.91 Å². The van der Waals surface area contributed by atoms with Gasteiger partial charge in [0, 0.05) is 19.6 Å². The van der Waals surface area contributed by atoms with Crippen molar-refractivity contribution in [1.29, 1.82) is 0 Å². The second-order valence-electron chi connectivity index (χ2n) is 2.08. The summed E-state index contributed by atoms with van der Waals surface area (Å²) in [4.78, 5) is 10.4. The van der Waals surface area contributed by atoms with Gasteiger partial charge in [-0.3, -0.25) is 4.79 Å². The minimum Gasteiger partial charge on any atom is -0.385 e. The standard InChI is InChI=1S/C6H13NO2/c1-5(6(7)8)3-4-9-2/h5H,3-4H2,1-2H3,(H2,7,8)/t5-/m1/s1. The van der Waals surface area contributed by atoms with Gasteiger partial charge >= 0.3 is 0 Å². The van der Waals surface area contributed by atoms with E-state index in [1.807, 2.05) is 0 Å². The first-order valence-corrected chi connectivity index (χ1v) is 2.96. The van der Waals surface area contributed by atoms with Crippen molar-refractivity contribution in [2.45, 2.75) is 13.3 Å². The molecule has 3 heteroatoms. The van der Waals surface area contributed by atoms with Crippen LogP contribution in [0.15, 0.2) is 0 Å². The number of primary amides is 1. The molecule has 9 heavy (non-hydrogen) atoms. The molecule has 0 radical (unpaired) electrons. The minimum absolute atomic E-state index is 0.0649. The molecule has 0 unspecified atom stereocenters. The van der Waals surface area contributed by atoms with Gasteiger partial charge in [-0.05, 0) is 6.42 Å². The van der Waals surface area contributed by atoms with E-state index in [1.54, 1.807) is 14.0 Å². The summed E-state index contributed by atoms with van der Waals surface area (Å²) in [5.74, 6) is -0.322. The smallest absolute Gasteiger partial charge is 0.220 e. The highest BCUT2D eigenvalue weighted by molar-refractivity contribution is 5.76. The van der Waals surface area contributed by atoms with Gasteiger partial charge in [0.15, 0.2) is 0 Å². The van der Waals surface area contributed by atoms with Crippen LogP contribution >= 0.6 is 0 Å². The molecule has 0 aliphatic rings. The van der Waals surface area contributed by atoms with Crippen molar-refractivity contribution in [3.05, 3.63) is 0 Å². The van der Waals surface area contributed by atoms with Gasteiger partial charge in [-0.2, -0.15) is 0 Å². The van der Waals surface area contributed by atoms with Crippen LogP contribution in [0, 0.1) is 5.92 Å². The van der Waals surface area contributed by atoms with E-state index in [2.05, 4.69) is 0 Å². The van der Waals surface area contributed by atoms with E-state index in [-0.39, 0.29) is 11.8 Å². The Kier molecular flexibility index (Phi) is 4.05. The average molecular weight is 131 g/mol. The molecule has 0 aromatic carbocycles. The Bertz CT molecular complexity index is 93.1. The summed E-state index contributed by atoms with van der Waals surface area (Å²) in [5, 5.41) is 0. The van der Waals surface area contributed by atoms with E-state index >= 15 is 0 Å². The molecule has 0 spiro atoms. The van der Waals surface area contributed by atoms with Crippen molar-refractivity contribution in [2.75, 3.05) is 13.7 Å². The number of ether oxygens (including phenoxy) is 1. The summed E-state index contributed by atoms with van der Waals surface area (Å²) in [6.07, 6.45) is 0.714. The van der Waals surface area contributed by atoms with Gasteiger partial charge < -0.3 is 10.5 Å². The quantitative estimate of drug-likeness (QED) is 0.590. The third-order valence-corrected chi connectivity index (χ3v) is 1.24. The molecular weight excluding hydrogens is 118 g/mol. The first-order valence-electron chi connectivity index (χ1n) is 2.96. The molecule has 0 bridgehead atoms. The van der Waals surface area contributed by atoms with Crippen molar-refractivity contribution >= 4 is 5.91 Å². The highest BCUT2D eigenvalue weighted by Crippen LogP contribution is 1.98. The third-order valence-electron chi connectivity index (χ3n) is 1.24. The van der Waals surface area contributed by atoms with E-state index in [0.29, 0.717) is 13.0 Å². The molecule has 2 N–H and O–H groups in total. The first kappa shape index (κ1) is 8.43. The molecular formula is C6H13NO2. The van der Waals surface area contributed by atoms with Crippen molar-refractivity contribution in [3.8, 4) is 0 Å². The topological polar surface area (TPSA) is 52.3 Å². The van der Waals surface area contributed by atoms with E-state index in [1.165, 1.54) is 0 Å². The molecule has 0 saturated carbocycles. The highest BCUT2D eigenvalue weighted by atomic mass is 16.5. The number of rotatable bonds is 4. The molecule has 3 nitrogen and oxygen atoms in total. The Hall–Kier alpha value is -0.570. The summed E-state index contributed by atoms with van der Waals surface area (Å²) >= 11 is 0. The summed E-state index contributed by atoms with van der Waals surface area (Å²) < 4.78 is 4.75. The fraction of sp³-hybridized carbons (Fsp3) is 0.833. The van der Waals surface area contributed by atoms with Crippen LogP contribution < -0.4 is 5.73 Å². The fourth-order valence-electron chi connectivity index (χ4n) is 0.437. The number of methoxy groups -OCH3 is 1.